The van der Waals surface area contributed by atoms with Crippen LogP contribution in [0.1, 0.15) is 0 Å². The van der Waals surface area contributed by atoms with Crippen molar-refractivity contribution in [2.24, 2.45) is 0 Å². The van der Waals surface area contributed by atoms with Crippen LogP contribution in [0.25, 0.3) is 45.4 Å². The second kappa shape index (κ2) is 7.80. The fraction of sp³-hybridized carbons (Fsp3) is 0. The minimum Gasteiger partial charge on any atom is -0.261 e. The first kappa shape index (κ1) is 17.5. The molecule has 0 radical (unpaired) electrons. The normalized spacial score (nSPS) is 10.7. The molecule has 5 aromatic rings. The highest BCUT2D eigenvalue weighted by atomic mass is 15.1. The van der Waals surface area contributed by atoms with E-state index in [1.54, 1.807) is 55.5 Å². The summed E-state index contributed by atoms with van der Waals surface area (Å²) in [6, 6.07) is 5.38. The summed E-state index contributed by atoms with van der Waals surface area (Å²) in [5.74, 6) is 0.880. The Hall–Kier alpha value is -4.60. The molecule has 0 aliphatic rings. The number of hydrogen-bond acceptors (Lipinski definition) is 10. The lowest BCUT2D eigenvalue weighted by molar-refractivity contribution is 1.02. The molecule has 10 heteroatoms. The second-order valence-corrected chi connectivity index (χ2v) is 6.00. The number of pyridine rings is 1. The summed E-state index contributed by atoms with van der Waals surface area (Å²) in [5, 5.41) is 8.34. The molecule has 5 heterocycles. The molecule has 0 aliphatic heterocycles. The van der Waals surface area contributed by atoms with E-state index < -0.39 is 0 Å². The highest BCUT2D eigenvalue weighted by Crippen LogP contribution is 2.40. The van der Waals surface area contributed by atoms with Crippen LogP contribution < -0.4 is 0 Å². The van der Waals surface area contributed by atoms with Gasteiger partial charge < -0.3 is 0 Å². The smallest absolute Gasteiger partial charge is 0.181 e. The van der Waals surface area contributed by atoms with Crippen molar-refractivity contribution in [1.82, 2.24) is 50.1 Å². The summed E-state index contributed by atoms with van der Waals surface area (Å²) in [5.41, 5.74) is 3.74. The summed E-state index contributed by atoms with van der Waals surface area (Å²) < 4.78 is 0. The molecule has 0 atom stereocenters. The lowest BCUT2D eigenvalue weighted by Crippen LogP contribution is -2.03. The monoisotopic (exact) mass is 392 g/mol. The average molecular weight is 392 g/mol. The Labute approximate surface area is 170 Å². The van der Waals surface area contributed by atoms with E-state index in [0.29, 0.717) is 45.4 Å². The van der Waals surface area contributed by atoms with E-state index in [9.17, 15) is 0 Å². The molecule has 0 saturated heterocycles. The zero-order valence-electron chi connectivity index (χ0n) is 15.4. The van der Waals surface area contributed by atoms with Crippen molar-refractivity contribution in [1.29, 1.82) is 0 Å². The third-order valence-corrected chi connectivity index (χ3v) is 4.24. The third kappa shape index (κ3) is 3.22. The van der Waals surface area contributed by atoms with Gasteiger partial charge in [-0.25, -0.2) is 24.9 Å². The van der Waals surface area contributed by atoms with Crippen molar-refractivity contribution >= 4 is 0 Å². The fourth-order valence-corrected chi connectivity index (χ4v) is 3.02. The summed E-state index contributed by atoms with van der Waals surface area (Å²) in [7, 11) is 0. The summed E-state index contributed by atoms with van der Waals surface area (Å²) in [6.07, 6.45) is 14.4. The first-order chi connectivity index (χ1) is 14.9. The van der Waals surface area contributed by atoms with Gasteiger partial charge in [-0.3, -0.25) is 15.0 Å². The Morgan fingerprint density at radius 3 is 2.17 bits per heavy atom. The van der Waals surface area contributed by atoms with Gasteiger partial charge >= 0.3 is 0 Å². The molecule has 0 aliphatic carbocycles. The molecule has 5 rings (SSSR count). The zero-order valence-corrected chi connectivity index (χ0v) is 15.4. The van der Waals surface area contributed by atoms with Gasteiger partial charge in [0.2, 0.25) is 0 Å². The standard InChI is InChI=1S/C20H12N10/c1-3-14(30-29-6-1)17-16(19-24-4-2-5-25-19)13(15-10-21-7-8-23-15)9-26-18(17)20-27-11-22-12-28-20/h1-12H. The van der Waals surface area contributed by atoms with Gasteiger partial charge in [0.05, 0.1) is 17.6 Å². The predicted molar refractivity (Wildman–Crippen MR) is 106 cm³/mol. The van der Waals surface area contributed by atoms with E-state index in [1.807, 2.05) is 6.07 Å². The molecule has 5 aromatic heterocycles. The summed E-state index contributed by atoms with van der Waals surface area (Å²) in [4.78, 5) is 34.6. The largest absolute Gasteiger partial charge is 0.261 e. The topological polar surface area (TPSA) is 129 Å². The fourth-order valence-electron chi connectivity index (χ4n) is 3.02. The lowest BCUT2D eigenvalue weighted by Gasteiger charge is -2.15. The maximum Gasteiger partial charge on any atom is 0.181 e. The Morgan fingerprint density at radius 1 is 0.567 bits per heavy atom. The highest BCUT2D eigenvalue weighted by molar-refractivity contribution is 5.95. The first-order valence-electron chi connectivity index (χ1n) is 8.89. The van der Waals surface area contributed by atoms with Gasteiger partial charge in [-0.2, -0.15) is 10.2 Å². The minimum absolute atomic E-state index is 0.397. The first-order valence-corrected chi connectivity index (χ1v) is 8.89. The van der Waals surface area contributed by atoms with Crippen molar-refractivity contribution in [2.45, 2.75) is 0 Å². The molecule has 0 aromatic carbocycles. The highest BCUT2D eigenvalue weighted by Gasteiger charge is 2.24. The molecule has 0 saturated carbocycles. The average Bonchev–Trinajstić information content (AvgIpc) is 2.85. The van der Waals surface area contributed by atoms with Gasteiger partial charge in [-0.05, 0) is 18.2 Å². The van der Waals surface area contributed by atoms with Crippen molar-refractivity contribution in [3.05, 3.63) is 74.2 Å². The van der Waals surface area contributed by atoms with Crippen LogP contribution in [0.3, 0.4) is 0 Å². The van der Waals surface area contributed by atoms with Crippen LogP contribution in [0.2, 0.25) is 0 Å². The second-order valence-electron chi connectivity index (χ2n) is 6.00. The van der Waals surface area contributed by atoms with Gasteiger partial charge in [-0.15, -0.1) is 0 Å². The Morgan fingerprint density at radius 2 is 1.43 bits per heavy atom. The zero-order chi connectivity index (χ0) is 20.2. The van der Waals surface area contributed by atoms with Crippen molar-refractivity contribution in [3.63, 3.8) is 0 Å². The van der Waals surface area contributed by atoms with Crippen molar-refractivity contribution < 1.29 is 0 Å². The van der Waals surface area contributed by atoms with Crippen LogP contribution >= 0.6 is 0 Å². The van der Waals surface area contributed by atoms with E-state index in [1.165, 1.54) is 12.7 Å². The molecule has 0 fully saturated rings. The Balaban J connectivity index is 1.91. The number of aromatic nitrogens is 10. The number of rotatable bonds is 4. The van der Waals surface area contributed by atoms with E-state index in [-0.39, 0.29) is 0 Å². The molecule has 0 amide bonds. The molecule has 10 nitrogen and oxygen atoms in total. The van der Waals surface area contributed by atoms with E-state index >= 15 is 0 Å². The van der Waals surface area contributed by atoms with Gasteiger partial charge in [-0.1, -0.05) is 0 Å². The molecule has 142 valence electrons. The summed E-state index contributed by atoms with van der Waals surface area (Å²) >= 11 is 0. The van der Waals surface area contributed by atoms with Crippen LogP contribution in [0.5, 0.6) is 0 Å². The van der Waals surface area contributed by atoms with Crippen LogP contribution in [0, 0.1) is 0 Å². The Kier molecular flexibility index (Phi) is 4.55. The Bertz CT molecular complexity index is 1160. The molecule has 30 heavy (non-hydrogen) atoms. The third-order valence-electron chi connectivity index (χ3n) is 4.24. The van der Waals surface area contributed by atoms with Crippen LogP contribution in [0.15, 0.2) is 74.2 Å². The molecule has 0 N–H and O–H groups in total. The van der Waals surface area contributed by atoms with E-state index in [0.717, 1.165) is 0 Å². The van der Waals surface area contributed by atoms with Crippen LogP contribution in [0.4, 0.5) is 0 Å². The number of nitrogens with zero attached hydrogens (tertiary/aromatic N) is 10. The molecular formula is C20H12N10. The molecule has 0 bridgehead atoms. The van der Waals surface area contributed by atoms with Crippen LogP contribution in [-0.2, 0) is 0 Å². The quantitative estimate of drug-likeness (QED) is 0.449. The molecule has 0 spiro atoms. The van der Waals surface area contributed by atoms with Gasteiger partial charge in [0.1, 0.15) is 18.3 Å². The maximum absolute atomic E-state index is 4.64. The lowest BCUT2D eigenvalue weighted by atomic mass is 9.95. The maximum atomic E-state index is 4.64. The van der Waals surface area contributed by atoms with Crippen LogP contribution in [-0.4, -0.2) is 50.1 Å². The predicted octanol–water partition coefficient (Wildman–Crippen LogP) is 2.30. The minimum atomic E-state index is 0.397. The summed E-state index contributed by atoms with van der Waals surface area (Å²) in [6.45, 7) is 0. The number of hydrogen-bond donors (Lipinski definition) is 0. The van der Waals surface area contributed by atoms with E-state index in [4.69, 9.17) is 0 Å². The van der Waals surface area contributed by atoms with Gasteiger partial charge in [0, 0.05) is 53.9 Å². The SMILES string of the molecule is c1cnc(-c2c(-c3cnccn3)cnc(-c3ncncn3)c2-c2cccnn2)nc1. The molecule has 0 unspecified atom stereocenters. The van der Waals surface area contributed by atoms with Gasteiger partial charge in [0.15, 0.2) is 11.6 Å². The van der Waals surface area contributed by atoms with Crippen molar-refractivity contribution in [2.75, 3.05) is 0 Å². The van der Waals surface area contributed by atoms with E-state index in [2.05, 4.69) is 50.1 Å². The van der Waals surface area contributed by atoms with Gasteiger partial charge in [0.25, 0.3) is 0 Å². The molecular weight excluding hydrogens is 380 g/mol. The van der Waals surface area contributed by atoms with Crippen molar-refractivity contribution in [3.8, 4) is 45.4 Å².